The zero-order chi connectivity index (χ0) is 20.8. The summed E-state index contributed by atoms with van der Waals surface area (Å²) in [6, 6.07) is 7.50. The molecule has 0 fully saturated rings. The summed E-state index contributed by atoms with van der Waals surface area (Å²) in [5.41, 5.74) is 2.25. The molecule has 1 aromatic carbocycles. The van der Waals surface area contributed by atoms with Crippen molar-refractivity contribution in [1.29, 1.82) is 0 Å². The largest absolute Gasteiger partial charge is 0.497 e. The van der Waals surface area contributed by atoms with Crippen molar-refractivity contribution < 1.29 is 23.9 Å². The second kappa shape index (κ2) is 9.16. The number of amides is 1. The van der Waals surface area contributed by atoms with E-state index >= 15 is 0 Å². The van der Waals surface area contributed by atoms with Crippen molar-refractivity contribution in [2.24, 2.45) is 7.05 Å². The lowest BCUT2D eigenvalue weighted by Gasteiger charge is -2.13. The van der Waals surface area contributed by atoms with Crippen LogP contribution < -0.4 is 10.1 Å². The summed E-state index contributed by atoms with van der Waals surface area (Å²) in [5, 5.41) is 6.80. The van der Waals surface area contributed by atoms with Crippen LogP contribution in [-0.4, -0.2) is 47.2 Å². The molecule has 1 heterocycles. The van der Waals surface area contributed by atoms with Gasteiger partial charge in [0.25, 0.3) is 11.7 Å². The lowest BCUT2D eigenvalue weighted by molar-refractivity contribution is -0.150. The molecule has 1 aromatic heterocycles. The van der Waals surface area contributed by atoms with Gasteiger partial charge in [-0.2, -0.15) is 5.10 Å². The number of benzene rings is 1. The Morgan fingerprint density at radius 1 is 1.18 bits per heavy atom. The highest BCUT2D eigenvalue weighted by Crippen LogP contribution is 2.14. The van der Waals surface area contributed by atoms with Crippen LogP contribution in [0.2, 0.25) is 0 Å². The number of nitrogens with zero attached hydrogens (tertiary/aromatic N) is 2. The number of rotatable bonds is 8. The first kappa shape index (κ1) is 21.1. The van der Waals surface area contributed by atoms with Gasteiger partial charge in [0, 0.05) is 19.3 Å². The van der Waals surface area contributed by atoms with E-state index in [1.807, 2.05) is 24.3 Å². The number of nitrogens with one attached hydrogen (secondary N) is 1. The van der Waals surface area contributed by atoms with Crippen molar-refractivity contribution in [2.45, 2.75) is 33.3 Å². The Morgan fingerprint density at radius 3 is 2.36 bits per heavy atom. The van der Waals surface area contributed by atoms with Crippen LogP contribution in [-0.2, 0) is 27.8 Å². The van der Waals surface area contributed by atoms with Crippen LogP contribution in [0.1, 0.15) is 34.2 Å². The predicted octanol–water partition coefficient (Wildman–Crippen LogP) is 1.52. The Morgan fingerprint density at radius 2 is 1.82 bits per heavy atom. The van der Waals surface area contributed by atoms with Crippen molar-refractivity contribution in [2.75, 3.05) is 13.7 Å². The van der Waals surface area contributed by atoms with Crippen LogP contribution in [0.15, 0.2) is 24.3 Å². The SMILES string of the molecule is COc1ccc(CCNC(=O)C(C)OC(=O)C(=O)c2c(C)nn(C)c2C)cc1. The number of esters is 1. The number of aromatic nitrogens is 2. The van der Waals surface area contributed by atoms with Gasteiger partial charge in [-0.3, -0.25) is 14.3 Å². The third-order valence-corrected chi connectivity index (χ3v) is 4.45. The van der Waals surface area contributed by atoms with E-state index in [0.717, 1.165) is 11.3 Å². The van der Waals surface area contributed by atoms with Crippen LogP contribution in [0, 0.1) is 13.8 Å². The fourth-order valence-electron chi connectivity index (χ4n) is 2.74. The first-order valence-electron chi connectivity index (χ1n) is 8.90. The molecule has 0 saturated carbocycles. The molecule has 0 saturated heterocycles. The van der Waals surface area contributed by atoms with E-state index in [1.165, 1.54) is 11.6 Å². The number of carbonyl (C=O) groups is 3. The van der Waals surface area contributed by atoms with Crippen LogP contribution in [0.5, 0.6) is 5.75 Å². The summed E-state index contributed by atoms with van der Waals surface area (Å²) >= 11 is 0. The molecule has 28 heavy (non-hydrogen) atoms. The first-order chi connectivity index (χ1) is 13.2. The van der Waals surface area contributed by atoms with E-state index < -0.39 is 23.8 Å². The molecule has 1 amide bonds. The third-order valence-electron chi connectivity index (χ3n) is 4.45. The smallest absolute Gasteiger partial charge is 0.380 e. The highest BCUT2D eigenvalue weighted by molar-refractivity contribution is 6.41. The van der Waals surface area contributed by atoms with E-state index in [4.69, 9.17) is 9.47 Å². The molecule has 2 aromatic rings. The molecule has 2 rings (SSSR count). The van der Waals surface area contributed by atoms with E-state index in [2.05, 4.69) is 10.4 Å². The van der Waals surface area contributed by atoms with E-state index in [-0.39, 0.29) is 5.56 Å². The molecule has 0 aliphatic rings. The summed E-state index contributed by atoms with van der Waals surface area (Å²) in [6.45, 7) is 5.14. The summed E-state index contributed by atoms with van der Waals surface area (Å²) in [5.74, 6) is -1.58. The summed E-state index contributed by atoms with van der Waals surface area (Å²) in [7, 11) is 3.28. The van der Waals surface area contributed by atoms with Gasteiger partial charge in [0.15, 0.2) is 6.10 Å². The molecule has 8 nitrogen and oxygen atoms in total. The van der Waals surface area contributed by atoms with Crippen molar-refractivity contribution >= 4 is 17.7 Å². The Balaban J connectivity index is 1.85. The molecule has 0 bridgehead atoms. The molecule has 8 heteroatoms. The number of Topliss-reactive ketones (excluding diaryl/α,β-unsaturated/α-hetero) is 1. The minimum atomic E-state index is -1.08. The van der Waals surface area contributed by atoms with Gasteiger partial charge >= 0.3 is 5.97 Å². The van der Waals surface area contributed by atoms with Crippen LogP contribution in [0.4, 0.5) is 0 Å². The van der Waals surface area contributed by atoms with Gasteiger partial charge in [0.1, 0.15) is 5.75 Å². The molecule has 0 aliphatic heterocycles. The topological polar surface area (TPSA) is 99.5 Å². The van der Waals surface area contributed by atoms with Gasteiger partial charge in [-0.1, -0.05) is 12.1 Å². The minimum Gasteiger partial charge on any atom is -0.497 e. The molecule has 0 aliphatic carbocycles. The number of ether oxygens (including phenoxy) is 2. The number of hydrogen-bond donors (Lipinski definition) is 1. The maximum atomic E-state index is 12.3. The molecule has 1 N–H and O–H groups in total. The van der Waals surface area contributed by atoms with Crippen molar-refractivity contribution in [3.63, 3.8) is 0 Å². The van der Waals surface area contributed by atoms with Crippen molar-refractivity contribution in [3.05, 3.63) is 46.8 Å². The average Bonchev–Trinajstić information content (AvgIpc) is 2.93. The van der Waals surface area contributed by atoms with Crippen molar-refractivity contribution in [1.82, 2.24) is 15.1 Å². The van der Waals surface area contributed by atoms with Crippen molar-refractivity contribution in [3.8, 4) is 5.75 Å². The first-order valence-corrected chi connectivity index (χ1v) is 8.90. The molecular formula is C20H25N3O5. The van der Waals surface area contributed by atoms with E-state index in [0.29, 0.717) is 24.4 Å². The number of ketones is 1. The van der Waals surface area contributed by atoms with Gasteiger partial charge in [0.05, 0.1) is 18.4 Å². The predicted molar refractivity (Wildman–Crippen MR) is 102 cm³/mol. The zero-order valence-electron chi connectivity index (χ0n) is 16.7. The Labute approximate surface area is 163 Å². The van der Waals surface area contributed by atoms with Crippen LogP contribution >= 0.6 is 0 Å². The Hall–Kier alpha value is -3.16. The number of carbonyl (C=O) groups excluding carboxylic acids is 3. The van der Waals surface area contributed by atoms with Gasteiger partial charge in [-0.05, 0) is 44.9 Å². The monoisotopic (exact) mass is 387 g/mol. The third kappa shape index (κ3) is 4.97. The maximum absolute atomic E-state index is 12.3. The highest BCUT2D eigenvalue weighted by atomic mass is 16.6. The molecule has 150 valence electrons. The maximum Gasteiger partial charge on any atom is 0.380 e. The highest BCUT2D eigenvalue weighted by Gasteiger charge is 2.28. The fraction of sp³-hybridized carbons (Fsp3) is 0.400. The van der Waals surface area contributed by atoms with Gasteiger partial charge < -0.3 is 14.8 Å². The summed E-state index contributed by atoms with van der Waals surface area (Å²) in [6.07, 6.45) is -0.465. The normalized spacial score (nSPS) is 11.6. The summed E-state index contributed by atoms with van der Waals surface area (Å²) in [4.78, 5) is 36.6. The second-order valence-corrected chi connectivity index (χ2v) is 6.44. The van der Waals surface area contributed by atoms with Crippen LogP contribution in [0.25, 0.3) is 0 Å². The Bertz CT molecular complexity index is 871. The molecular weight excluding hydrogens is 362 g/mol. The molecule has 1 unspecified atom stereocenters. The lowest BCUT2D eigenvalue weighted by atomic mass is 10.1. The molecule has 0 radical (unpaired) electrons. The minimum absolute atomic E-state index is 0.208. The van der Waals surface area contributed by atoms with E-state index in [1.54, 1.807) is 28.0 Å². The summed E-state index contributed by atoms with van der Waals surface area (Å²) < 4.78 is 11.6. The Kier molecular flexibility index (Phi) is 6.92. The standard InChI is InChI=1S/C20H25N3O5/c1-12-17(13(2)23(4)22-12)18(24)20(26)28-14(3)19(25)21-11-10-15-6-8-16(27-5)9-7-15/h6-9,14H,10-11H2,1-5H3,(H,21,25). The van der Waals surface area contributed by atoms with Gasteiger partial charge in [-0.15, -0.1) is 0 Å². The number of hydrogen-bond acceptors (Lipinski definition) is 6. The number of methoxy groups -OCH3 is 1. The second-order valence-electron chi connectivity index (χ2n) is 6.44. The van der Waals surface area contributed by atoms with Gasteiger partial charge in [-0.25, -0.2) is 4.79 Å². The van der Waals surface area contributed by atoms with Gasteiger partial charge in [0.2, 0.25) is 0 Å². The van der Waals surface area contributed by atoms with E-state index in [9.17, 15) is 14.4 Å². The molecule has 0 spiro atoms. The van der Waals surface area contributed by atoms with Crippen LogP contribution in [0.3, 0.4) is 0 Å². The number of aryl methyl sites for hydroxylation is 2. The lowest BCUT2D eigenvalue weighted by Crippen LogP contribution is -2.38. The molecule has 1 atom stereocenters. The zero-order valence-corrected chi connectivity index (χ0v) is 16.7. The quantitative estimate of drug-likeness (QED) is 0.419. The average molecular weight is 387 g/mol. The fourth-order valence-corrected chi connectivity index (χ4v) is 2.74.